The Labute approximate surface area is 125 Å². The second-order valence-corrected chi connectivity index (χ2v) is 4.91. The van der Waals surface area contributed by atoms with Crippen LogP contribution in [0.5, 0.6) is 0 Å². The minimum Gasteiger partial charge on any atom is -0.383 e. The molecule has 0 atom stereocenters. The van der Waals surface area contributed by atoms with Crippen molar-refractivity contribution in [3.63, 3.8) is 0 Å². The Hall–Kier alpha value is -1.73. The van der Waals surface area contributed by atoms with E-state index in [2.05, 4.69) is 20.2 Å². The number of methoxy groups -OCH3 is 1. The van der Waals surface area contributed by atoms with Gasteiger partial charge in [-0.05, 0) is 6.07 Å². The van der Waals surface area contributed by atoms with Gasteiger partial charge in [-0.15, -0.1) is 0 Å². The molecule has 1 aromatic heterocycles. The first-order valence-corrected chi connectivity index (χ1v) is 7.30. The van der Waals surface area contributed by atoms with Gasteiger partial charge >= 0.3 is 0 Å². The highest BCUT2D eigenvalue weighted by atomic mass is 16.5. The van der Waals surface area contributed by atoms with E-state index >= 15 is 0 Å². The fourth-order valence-corrected chi connectivity index (χ4v) is 2.26. The molecule has 1 aromatic rings. The molecule has 116 valence electrons. The quantitative estimate of drug-likeness (QED) is 0.699. The van der Waals surface area contributed by atoms with E-state index in [4.69, 9.17) is 4.74 Å². The number of hydrogen-bond donors (Lipinski definition) is 1. The zero-order valence-electron chi connectivity index (χ0n) is 12.5. The topological polar surface area (TPSA) is 70.6 Å². The van der Waals surface area contributed by atoms with E-state index < -0.39 is 0 Å². The van der Waals surface area contributed by atoms with Crippen LogP contribution in [-0.2, 0) is 9.53 Å². The molecule has 1 amide bonds. The van der Waals surface area contributed by atoms with Crippen molar-refractivity contribution in [1.29, 1.82) is 0 Å². The minimum absolute atomic E-state index is 0.202. The number of piperazine rings is 1. The molecular formula is C14H23N5O2. The Morgan fingerprint density at radius 1 is 1.24 bits per heavy atom. The van der Waals surface area contributed by atoms with Crippen molar-refractivity contribution in [2.45, 2.75) is 6.42 Å². The fourth-order valence-electron chi connectivity index (χ4n) is 2.26. The lowest BCUT2D eigenvalue weighted by Crippen LogP contribution is -2.49. The van der Waals surface area contributed by atoms with E-state index in [-0.39, 0.29) is 5.91 Å². The van der Waals surface area contributed by atoms with Crippen LogP contribution in [0.15, 0.2) is 18.5 Å². The maximum Gasteiger partial charge on any atom is 0.225 e. The van der Waals surface area contributed by atoms with Gasteiger partial charge in [0, 0.05) is 65.2 Å². The summed E-state index contributed by atoms with van der Waals surface area (Å²) in [5.41, 5.74) is 0. The largest absolute Gasteiger partial charge is 0.383 e. The van der Waals surface area contributed by atoms with Crippen molar-refractivity contribution >= 4 is 11.9 Å². The summed E-state index contributed by atoms with van der Waals surface area (Å²) in [4.78, 5) is 24.6. The predicted molar refractivity (Wildman–Crippen MR) is 80.2 cm³/mol. The Balaban J connectivity index is 1.67. The van der Waals surface area contributed by atoms with Crippen LogP contribution in [0.25, 0.3) is 0 Å². The molecule has 0 saturated carbocycles. The number of ether oxygens (including phenoxy) is 1. The smallest absolute Gasteiger partial charge is 0.225 e. The Morgan fingerprint density at radius 3 is 2.62 bits per heavy atom. The Morgan fingerprint density at radius 2 is 1.95 bits per heavy atom. The van der Waals surface area contributed by atoms with Gasteiger partial charge in [0.1, 0.15) is 0 Å². The van der Waals surface area contributed by atoms with Gasteiger partial charge in [-0.25, -0.2) is 9.97 Å². The molecule has 1 aliphatic heterocycles. The first-order valence-electron chi connectivity index (χ1n) is 7.30. The number of amides is 1. The van der Waals surface area contributed by atoms with Crippen molar-refractivity contribution < 1.29 is 9.53 Å². The van der Waals surface area contributed by atoms with Crippen LogP contribution >= 0.6 is 0 Å². The maximum atomic E-state index is 12.1. The van der Waals surface area contributed by atoms with Gasteiger partial charge < -0.3 is 19.9 Å². The van der Waals surface area contributed by atoms with Crippen molar-refractivity contribution in [2.24, 2.45) is 0 Å². The highest BCUT2D eigenvalue weighted by Crippen LogP contribution is 2.10. The maximum absolute atomic E-state index is 12.1. The molecule has 0 aromatic carbocycles. The average Bonchev–Trinajstić information content (AvgIpc) is 2.55. The molecule has 0 radical (unpaired) electrons. The standard InChI is InChI=1S/C14H23N5O2/c1-21-12-7-15-6-3-13(20)18-8-10-19(11-9-18)14-16-4-2-5-17-14/h2,4-5,15H,3,6-12H2,1H3. The average molecular weight is 293 g/mol. The van der Waals surface area contributed by atoms with Gasteiger partial charge in [-0.1, -0.05) is 0 Å². The van der Waals surface area contributed by atoms with Crippen molar-refractivity contribution in [3.05, 3.63) is 18.5 Å². The minimum atomic E-state index is 0.202. The van der Waals surface area contributed by atoms with E-state index in [1.165, 1.54) is 0 Å². The van der Waals surface area contributed by atoms with Gasteiger partial charge in [0.15, 0.2) is 0 Å². The summed E-state index contributed by atoms with van der Waals surface area (Å²) in [6, 6.07) is 1.81. The second kappa shape index (κ2) is 8.53. The molecule has 7 nitrogen and oxygen atoms in total. The third-order valence-electron chi connectivity index (χ3n) is 3.47. The van der Waals surface area contributed by atoms with Crippen LogP contribution in [0.2, 0.25) is 0 Å². The monoisotopic (exact) mass is 293 g/mol. The summed E-state index contributed by atoms with van der Waals surface area (Å²) in [6.07, 6.45) is 4.02. The number of nitrogens with zero attached hydrogens (tertiary/aromatic N) is 4. The van der Waals surface area contributed by atoms with Gasteiger partial charge in [0.25, 0.3) is 0 Å². The third-order valence-corrected chi connectivity index (χ3v) is 3.47. The van der Waals surface area contributed by atoms with Gasteiger partial charge in [0.2, 0.25) is 11.9 Å². The van der Waals surface area contributed by atoms with E-state index in [0.717, 1.165) is 38.7 Å². The number of carbonyl (C=O) groups excluding carboxylic acids is 1. The molecule has 0 unspecified atom stereocenters. The zero-order chi connectivity index (χ0) is 14.9. The molecule has 1 saturated heterocycles. The SMILES string of the molecule is COCCNCCC(=O)N1CCN(c2ncccn2)CC1. The number of hydrogen-bond acceptors (Lipinski definition) is 6. The van der Waals surface area contributed by atoms with Crippen molar-refractivity contribution in [2.75, 3.05) is 57.9 Å². The molecule has 1 aliphatic rings. The Kier molecular flexibility index (Phi) is 6.36. The molecule has 0 bridgehead atoms. The van der Waals surface area contributed by atoms with Crippen LogP contribution in [-0.4, -0.2) is 73.8 Å². The molecular weight excluding hydrogens is 270 g/mol. The second-order valence-electron chi connectivity index (χ2n) is 4.91. The summed E-state index contributed by atoms with van der Waals surface area (Å²) >= 11 is 0. The van der Waals surface area contributed by atoms with Crippen LogP contribution < -0.4 is 10.2 Å². The molecule has 0 aliphatic carbocycles. The van der Waals surface area contributed by atoms with E-state index in [1.54, 1.807) is 25.6 Å². The summed E-state index contributed by atoms with van der Waals surface area (Å²) in [7, 11) is 1.67. The van der Waals surface area contributed by atoms with Crippen molar-refractivity contribution in [1.82, 2.24) is 20.2 Å². The summed E-state index contributed by atoms with van der Waals surface area (Å²) in [6.45, 7) is 5.18. The van der Waals surface area contributed by atoms with E-state index in [0.29, 0.717) is 19.6 Å². The van der Waals surface area contributed by atoms with Crippen LogP contribution in [0.4, 0.5) is 5.95 Å². The summed E-state index contributed by atoms with van der Waals surface area (Å²) in [5.74, 6) is 0.944. The first-order chi connectivity index (χ1) is 10.3. The van der Waals surface area contributed by atoms with Crippen molar-refractivity contribution in [3.8, 4) is 0 Å². The molecule has 1 N–H and O–H groups in total. The van der Waals surface area contributed by atoms with Gasteiger partial charge in [-0.3, -0.25) is 4.79 Å². The lowest BCUT2D eigenvalue weighted by Gasteiger charge is -2.34. The van der Waals surface area contributed by atoms with Crippen LogP contribution in [0.1, 0.15) is 6.42 Å². The zero-order valence-corrected chi connectivity index (χ0v) is 12.5. The summed E-state index contributed by atoms with van der Waals surface area (Å²) < 4.78 is 4.94. The molecule has 0 spiro atoms. The molecule has 21 heavy (non-hydrogen) atoms. The number of rotatable bonds is 7. The van der Waals surface area contributed by atoms with Gasteiger partial charge in [-0.2, -0.15) is 0 Å². The fraction of sp³-hybridized carbons (Fsp3) is 0.643. The Bertz CT molecular complexity index is 421. The summed E-state index contributed by atoms with van der Waals surface area (Å²) in [5, 5.41) is 3.19. The highest BCUT2D eigenvalue weighted by Gasteiger charge is 2.21. The van der Waals surface area contributed by atoms with Crippen LogP contribution in [0.3, 0.4) is 0 Å². The molecule has 7 heteroatoms. The highest BCUT2D eigenvalue weighted by molar-refractivity contribution is 5.76. The van der Waals surface area contributed by atoms with Gasteiger partial charge in [0.05, 0.1) is 6.61 Å². The predicted octanol–water partition coefficient (Wildman–Crippen LogP) is -0.249. The lowest BCUT2D eigenvalue weighted by molar-refractivity contribution is -0.131. The normalized spacial score (nSPS) is 15.3. The molecule has 2 heterocycles. The number of nitrogens with one attached hydrogen (secondary N) is 1. The number of carbonyl (C=O) groups is 1. The molecule has 1 fully saturated rings. The third kappa shape index (κ3) is 4.95. The molecule has 2 rings (SSSR count). The lowest BCUT2D eigenvalue weighted by atomic mass is 10.3. The number of anilines is 1. The van der Waals surface area contributed by atoms with Crippen LogP contribution in [0, 0.1) is 0 Å². The van der Waals surface area contributed by atoms with E-state index in [1.807, 2.05) is 4.90 Å². The van der Waals surface area contributed by atoms with E-state index in [9.17, 15) is 4.79 Å². The first kappa shape index (κ1) is 15.7. The number of aromatic nitrogens is 2.